The Morgan fingerprint density at radius 2 is 2.10 bits per heavy atom. The molecule has 1 saturated carbocycles. The lowest BCUT2D eigenvalue weighted by molar-refractivity contribution is -0.0342. The highest BCUT2D eigenvalue weighted by molar-refractivity contribution is 7.16. The van der Waals surface area contributed by atoms with Crippen LogP contribution < -0.4 is 4.74 Å². The lowest BCUT2D eigenvalue weighted by atomic mass is 9.71. The van der Waals surface area contributed by atoms with Crippen LogP contribution in [0.4, 0.5) is 0 Å². The van der Waals surface area contributed by atoms with Gasteiger partial charge in [0.15, 0.2) is 5.01 Å². The minimum Gasteiger partial charge on any atom is -0.507 e. The van der Waals surface area contributed by atoms with Crippen molar-refractivity contribution in [2.75, 3.05) is 7.11 Å². The van der Waals surface area contributed by atoms with Gasteiger partial charge in [-0.15, -0.1) is 5.10 Å². The zero-order valence-electron chi connectivity index (χ0n) is 16.9. The second kappa shape index (κ2) is 8.12. The molecular formula is C21H26N4O3S. The maximum absolute atomic E-state index is 10.5. The van der Waals surface area contributed by atoms with Crippen molar-refractivity contribution in [1.82, 2.24) is 19.7 Å². The molecular weight excluding hydrogens is 388 g/mol. The van der Waals surface area contributed by atoms with Gasteiger partial charge in [-0.2, -0.15) is 0 Å². The van der Waals surface area contributed by atoms with Crippen LogP contribution in [-0.2, 0) is 4.74 Å². The van der Waals surface area contributed by atoms with Crippen LogP contribution in [0.25, 0.3) is 16.3 Å². The van der Waals surface area contributed by atoms with Crippen molar-refractivity contribution in [1.29, 1.82) is 0 Å². The number of hydrogen-bond donors (Lipinski definition) is 1. The number of rotatable bonds is 6. The SMILES string of the molecule is CC[C@@]1(C)C[C@@H](OC)C[C@@H](Oc2nnc(-c3ccc(-n4ccnc4)cc3O)s2)C1. The van der Waals surface area contributed by atoms with Gasteiger partial charge in [0.1, 0.15) is 11.9 Å². The van der Waals surface area contributed by atoms with Gasteiger partial charge in [0.2, 0.25) is 0 Å². The van der Waals surface area contributed by atoms with Gasteiger partial charge in [-0.3, -0.25) is 0 Å². The van der Waals surface area contributed by atoms with Gasteiger partial charge in [0.05, 0.1) is 23.7 Å². The first kappa shape index (κ1) is 19.8. The second-order valence-corrected chi connectivity index (χ2v) is 8.89. The number of aromatic nitrogens is 4. The van der Waals surface area contributed by atoms with Crippen LogP contribution in [0.2, 0.25) is 0 Å². The fraction of sp³-hybridized carbons (Fsp3) is 0.476. The summed E-state index contributed by atoms with van der Waals surface area (Å²) in [4.78, 5) is 4.03. The Morgan fingerprint density at radius 3 is 2.79 bits per heavy atom. The fourth-order valence-corrected chi connectivity index (χ4v) is 4.78. The van der Waals surface area contributed by atoms with Crippen molar-refractivity contribution in [3.63, 3.8) is 0 Å². The quantitative estimate of drug-likeness (QED) is 0.641. The molecule has 7 nitrogen and oxygen atoms in total. The third kappa shape index (κ3) is 4.28. The molecule has 1 aliphatic rings. The Kier molecular flexibility index (Phi) is 5.56. The molecule has 3 aromatic rings. The van der Waals surface area contributed by atoms with Gasteiger partial charge in [0.25, 0.3) is 5.19 Å². The van der Waals surface area contributed by atoms with E-state index in [0.29, 0.717) is 15.8 Å². The Bertz CT molecular complexity index is 959. The number of phenolic OH excluding ortho intramolecular Hbond substituents is 1. The van der Waals surface area contributed by atoms with Crippen molar-refractivity contribution in [3.05, 3.63) is 36.9 Å². The standard InChI is InChI=1S/C21H26N4O3S/c1-4-21(2)11-15(27-3)10-16(12-21)28-20-24-23-19(29-20)17-6-5-14(9-18(17)26)25-8-7-22-13-25/h5-9,13,15-16,26H,4,10-12H2,1-3H3/t15-,16+,21-/m0/s1. The molecule has 154 valence electrons. The maximum atomic E-state index is 10.5. The number of nitrogens with zero attached hydrogens (tertiary/aromatic N) is 4. The Hall–Kier alpha value is -2.45. The lowest BCUT2D eigenvalue weighted by Gasteiger charge is -2.40. The average Bonchev–Trinajstić information content (AvgIpc) is 3.40. The van der Waals surface area contributed by atoms with E-state index >= 15 is 0 Å². The van der Waals surface area contributed by atoms with Gasteiger partial charge in [-0.05, 0) is 30.4 Å². The summed E-state index contributed by atoms with van der Waals surface area (Å²) in [5.41, 5.74) is 1.67. The van der Waals surface area contributed by atoms with E-state index in [1.165, 1.54) is 11.3 Å². The number of imidazole rings is 1. The Morgan fingerprint density at radius 1 is 1.28 bits per heavy atom. The Labute approximate surface area is 174 Å². The molecule has 8 heteroatoms. The molecule has 0 unspecified atom stereocenters. The minimum atomic E-state index is 0.0525. The summed E-state index contributed by atoms with van der Waals surface area (Å²) < 4.78 is 13.6. The molecule has 0 radical (unpaired) electrons. The predicted molar refractivity (Wildman–Crippen MR) is 112 cm³/mol. The molecule has 0 spiro atoms. The summed E-state index contributed by atoms with van der Waals surface area (Å²) in [6.07, 6.45) is 9.43. The molecule has 29 heavy (non-hydrogen) atoms. The molecule has 2 heterocycles. The number of hydrogen-bond acceptors (Lipinski definition) is 7. The highest BCUT2D eigenvalue weighted by Crippen LogP contribution is 2.42. The smallest absolute Gasteiger partial charge is 0.294 e. The number of methoxy groups -OCH3 is 1. The van der Waals surface area contributed by atoms with Crippen molar-refractivity contribution in [3.8, 4) is 27.2 Å². The van der Waals surface area contributed by atoms with Crippen LogP contribution in [0.5, 0.6) is 10.9 Å². The van der Waals surface area contributed by atoms with Crippen molar-refractivity contribution in [2.45, 2.75) is 51.7 Å². The largest absolute Gasteiger partial charge is 0.507 e. The van der Waals surface area contributed by atoms with Crippen LogP contribution in [0.1, 0.15) is 39.5 Å². The Balaban J connectivity index is 1.50. The van der Waals surface area contributed by atoms with Crippen molar-refractivity contribution in [2.24, 2.45) is 5.41 Å². The summed E-state index contributed by atoms with van der Waals surface area (Å²) in [6.45, 7) is 4.51. The molecule has 0 amide bonds. The first-order valence-corrected chi connectivity index (χ1v) is 10.7. The van der Waals surface area contributed by atoms with E-state index in [0.717, 1.165) is 31.4 Å². The lowest BCUT2D eigenvalue weighted by Crippen LogP contribution is -2.39. The fourth-order valence-electron chi connectivity index (χ4n) is 3.98. The maximum Gasteiger partial charge on any atom is 0.294 e. The van der Waals surface area contributed by atoms with Gasteiger partial charge in [-0.25, -0.2) is 4.98 Å². The first-order chi connectivity index (χ1) is 14.0. The minimum absolute atomic E-state index is 0.0525. The number of ether oxygens (including phenoxy) is 2. The topological polar surface area (TPSA) is 82.3 Å². The summed E-state index contributed by atoms with van der Waals surface area (Å²) in [5, 5.41) is 20.1. The number of phenols is 1. The summed E-state index contributed by atoms with van der Waals surface area (Å²) >= 11 is 1.35. The molecule has 1 N–H and O–H groups in total. The molecule has 2 aromatic heterocycles. The summed E-state index contributed by atoms with van der Waals surface area (Å²) in [6, 6.07) is 5.44. The van der Waals surface area contributed by atoms with Crippen LogP contribution >= 0.6 is 11.3 Å². The molecule has 0 aliphatic heterocycles. The molecule has 1 fully saturated rings. The molecule has 0 bridgehead atoms. The van der Waals surface area contributed by atoms with Crippen LogP contribution in [0.3, 0.4) is 0 Å². The van der Waals surface area contributed by atoms with Gasteiger partial charge < -0.3 is 19.1 Å². The van der Waals surface area contributed by atoms with E-state index in [9.17, 15) is 5.11 Å². The molecule has 4 rings (SSSR count). The molecule has 1 aromatic carbocycles. The normalized spacial score (nSPS) is 24.5. The average molecular weight is 415 g/mol. The molecule has 3 atom stereocenters. The number of benzene rings is 1. The van der Waals surface area contributed by atoms with Gasteiger partial charge >= 0.3 is 0 Å². The van der Waals surface area contributed by atoms with E-state index < -0.39 is 0 Å². The summed E-state index contributed by atoms with van der Waals surface area (Å²) in [7, 11) is 1.77. The van der Waals surface area contributed by atoms with Crippen LogP contribution in [0, 0.1) is 5.41 Å². The highest BCUT2D eigenvalue weighted by Gasteiger charge is 2.37. The third-order valence-corrected chi connectivity index (χ3v) is 6.69. The summed E-state index contributed by atoms with van der Waals surface area (Å²) in [5.74, 6) is 0.148. The highest BCUT2D eigenvalue weighted by atomic mass is 32.1. The third-order valence-electron chi connectivity index (χ3n) is 5.84. The predicted octanol–water partition coefficient (Wildman–Crippen LogP) is 4.46. The monoisotopic (exact) mass is 414 g/mol. The van der Waals surface area contributed by atoms with Crippen molar-refractivity contribution >= 4 is 11.3 Å². The van der Waals surface area contributed by atoms with E-state index in [2.05, 4.69) is 29.0 Å². The second-order valence-electron chi connectivity index (χ2n) is 7.95. The van der Waals surface area contributed by atoms with E-state index in [4.69, 9.17) is 9.47 Å². The zero-order chi connectivity index (χ0) is 20.4. The van der Waals surface area contributed by atoms with Gasteiger partial charge in [0, 0.05) is 32.0 Å². The number of aromatic hydroxyl groups is 1. The first-order valence-electron chi connectivity index (χ1n) is 9.84. The van der Waals surface area contributed by atoms with Crippen LogP contribution in [0.15, 0.2) is 36.9 Å². The van der Waals surface area contributed by atoms with E-state index in [-0.39, 0.29) is 23.4 Å². The zero-order valence-corrected chi connectivity index (χ0v) is 17.7. The van der Waals surface area contributed by atoms with E-state index in [1.54, 1.807) is 25.7 Å². The van der Waals surface area contributed by atoms with Gasteiger partial charge in [-0.1, -0.05) is 36.7 Å². The van der Waals surface area contributed by atoms with Crippen LogP contribution in [-0.4, -0.2) is 44.2 Å². The molecule has 0 saturated heterocycles. The molecule has 1 aliphatic carbocycles. The van der Waals surface area contributed by atoms with E-state index in [1.807, 2.05) is 22.9 Å². The van der Waals surface area contributed by atoms with Crippen molar-refractivity contribution < 1.29 is 14.6 Å².